The molecule has 116 valence electrons. The largest absolute Gasteiger partial charge is 0.313 e. The van der Waals surface area contributed by atoms with Crippen LogP contribution in [0, 0.1) is 18.3 Å². The first kappa shape index (κ1) is 17.9. The highest BCUT2D eigenvalue weighted by Crippen LogP contribution is 2.19. The predicted molar refractivity (Wildman–Crippen MR) is 84.0 cm³/mol. The van der Waals surface area contributed by atoms with Crippen molar-refractivity contribution in [3.05, 3.63) is 29.3 Å². The maximum Gasteiger partial charge on any atom is 0.241 e. The monoisotopic (exact) mass is 329 g/mol. The van der Waals surface area contributed by atoms with Crippen LogP contribution in [-0.4, -0.2) is 27.0 Å². The summed E-state index contributed by atoms with van der Waals surface area (Å²) in [4.78, 5) is 0.189. The number of hydrogen-bond acceptors (Lipinski definition) is 4. The minimum Gasteiger partial charge on any atom is -0.313 e. The van der Waals surface area contributed by atoms with Crippen molar-refractivity contribution in [2.75, 3.05) is 6.54 Å². The van der Waals surface area contributed by atoms with Gasteiger partial charge in [0, 0.05) is 12.1 Å². The summed E-state index contributed by atoms with van der Waals surface area (Å²) in [6.45, 7) is 4.63. The third-order valence-corrected chi connectivity index (χ3v) is 5.31. The zero-order valence-electron chi connectivity index (χ0n) is 12.1. The molecule has 1 aliphatic heterocycles. The molecular weight excluding hydrogens is 310 g/mol. The third-order valence-electron chi connectivity index (χ3n) is 3.68. The Morgan fingerprint density at radius 3 is 2.76 bits per heavy atom. The van der Waals surface area contributed by atoms with Crippen molar-refractivity contribution < 1.29 is 8.42 Å². The van der Waals surface area contributed by atoms with Gasteiger partial charge in [0.05, 0.1) is 16.5 Å². The van der Waals surface area contributed by atoms with Crippen LogP contribution >= 0.6 is 12.4 Å². The Labute approximate surface area is 132 Å². The Morgan fingerprint density at radius 1 is 1.43 bits per heavy atom. The number of halogens is 1. The van der Waals surface area contributed by atoms with E-state index in [2.05, 4.69) is 10.0 Å². The predicted octanol–water partition coefficient (Wildman–Crippen LogP) is 1.71. The third kappa shape index (κ3) is 4.17. The van der Waals surface area contributed by atoms with Crippen LogP contribution in [0.4, 0.5) is 0 Å². The van der Waals surface area contributed by atoms with Crippen molar-refractivity contribution in [3.8, 4) is 6.07 Å². The van der Waals surface area contributed by atoms with Gasteiger partial charge in [-0.1, -0.05) is 6.07 Å². The molecule has 0 aromatic heterocycles. The van der Waals surface area contributed by atoms with Gasteiger partial charge < -0.3 is 5.32 Å². The van der Waals surface area contributed by atoms with Crippen LogP contribution in [0.3, 0.4) is 0 Å². The van der Waals surface area contributed by atoms with E-state index in [1.54, 1.807) is 19.1 Å². The summed E-state index contributed by atoms with van der Waals surface area (Å²) in [5.74, 6) is 0. The number of nitriles is 1. The Kier molecular flexibility index (Phi) is 6.17. The van der Waals surface area contributed by atoms with Gasteiger partial charge in [-0.2, -0.15) is 5.26 Å². The zero-order chi connectivity index (χ0) is 14.8. The highest BCUT2D eigenvalue weighted by molar-refractivity contribution is 7.89. The van der Waals surface area contributed by atoms with Gasteiger partial charge in [0.1, 0.15) is 0 Å². The average molecular weight is 330 g/mol. The maximum atomic E-state index is 12.5. The van der Waals surface area contributed by atoms with E-state index < -0.39 is 10.0 Å². The summed E-state index contributed by atoms with van der Waals surface area (Å²) in [5.41, 5.74) is 0.999. The number of nitrogens with one attached hydrogen (secondary N) is 2. The van der Waals surface area contributed by atoms with Gasteiger partial charge in [0.25, 0.3) is 0 Å². The van der Waals surface area contributed by atoms with Crippen molar-refractivity contribution in [3.63, 3.8) is 0 Å². The van der Waals surface area contributed by atoms with Gasteiger partial charge in [0.15, 0.2) is 0 Å². The molecule has 1 aliphatic rings. The summed E-state index contributed by atoms with van der Waals surface area (Å²) in [5, 5.41) is 12.2. The lowest BCUT2D eigenvalue weighted by molar-refractivity contribution is 0.348. The molecule has 1 aromatic carbocycles. The molecule has 1 heterocycles. The SMILES string of the molecule is Cc1ccc(C#N)cc1S(=O)(=O)NC1CCCNC1C.Cl. The van der Waals surface area contributed by atoms with Gasteiger partial charge in [-0.3, -0.25) is 0 Å². The lowest BCUT2D eigenvalue weighted by Crippen LogP contribution is -2.51. The fourth-order valence-electron chi connectivity index (χ4n) is 2.43. The summed E-state index contributed by atoms with van der Waals surface area (Å²) in [6.07, 6.45) is 1.78. The van der Waals surface area contributed by atoms with Crippen LogP contribution in [0.1, 0.15) is 30.9 Å². The van der Waals surface area contributed by atoms with Crippen LogP contribution in [-0.2, 0) is 10.0 Å². The van der Waals surface area contributed by atoms with Crippen molar-refractivity contribution in [1.29, 1.82) is 5.26 Å². The fraction of sp³-hybridized carbons (Fsp3) is 0.500. The first-order valence-corrected chi connectivity index (χ1v) is 8.19. The zero-order valence-corrected chi connectivity index (χ0v) is 13.7. The molecule has 2 unspecified atom stereocenters. The lowest BCUT2D eigenvalue weighted by Gasteiger charge is -2.30. The normalized spacial score (nSPS) is 22.1. The summed E-state index contributed by atoms with van der Waals surface area (Å²) in [6, 6.07) is 6.69. The number of aryl methyl sites for hydroxylation is 1. The van der Waals surface area contributed by atoms with E-state index in [1.165, 1.54) is 6.07 Å². The number of hydrogen-bond donors (Lipinski definition) is 2. The van der Waals surface area contributed by atoms with E-state index in [-0.39, 0.29) is 29.4 Å². The first-order chi connectivity index (χ1) is 9.44. The van der Waals surface area contributed by atoms with Crippen LogP contribution in [0.2, 0.25) is 0 Å². The van der Waals surface area contributed by atoms with Crippen molar-refractivity contribution >= 4 is 22.4 Å². The Bertz CT molecular complexity index is 640. The number of benzene rings is 1. The molecule has 7 heteroatoms. The Hall–Kier alpha value is -1.13. The van der Waals surface area contributed by atoms with E-state index in [0.29, 0.717) is 11.1 Å². The highest BCUT2D eigenvalue weighted by Gasteiger charge is 2.27. The molecule has 1 aromatic rings. The maximum absolute atomic E-state index is 12.5. The molecule has 2 atom stereocenters. The molecule has 21 heavy (non-hydrogen) atoms. The fourth-order valence-corrected chi connectivity index (χ4v) is 4.05. The first-order valence-electron chi connectivity index (χ1n) is 6.70. The Morgan fingerprint density at radius 2 is 2.14 bits per heavy atom. The summed E-state index contributed by atoms with van der Waals surface area (Å²) in [7, 11) is -3.60. The minimum atomic E-state index is -3.60. The molecule has 5 nitrogen and oxygen atoms in total. The minimum absolute atomic E-state index is 0. The molecule has 0 saturated carbocycles. The van der Waals surface area contributed by atoms with E-state index in [4.69, 9.17) is 5.26 Å². The standard InChI is InChI=1S/C14H19N3O2S.ClH/c1-10-5-6-12(9-15)8-14(10)20(18,19)17-13-4-3-7-16-11(13)2;/h5-6,8,11,13,16-17H,3-4,7H2,1-2H3;1H. The number of sulfonamides is 1. The highest BCUT2D eigenvalue weighted by atomic mass is 35.5. The van der Waals surface area contributed by atoms with Gasteiger partial charge in [-0.05, 0) is 50.9 Å². The summed E-state index contributed by atoms with van der Waals surface area (Å²) >= 11 is 0. The summed E-state index contributed by atoms with van der Waals surface area (Å²) < 4.78 is 27.7. The average Bonchev–Trinajstić information content (AvgIpc) is 2.41. The van der Waals surface area contributed by atoms with E-state index in [0.717, 1.165) is 19.4 Å². The lowest BCUT2D eigenvalue weighted by atomic mass is 10.0. The molecule has 0 radical (unpaired) electrons. The molecule has 0 aliphatic carbocycles. The second-order valence-electron chi connectivity index (χ2n) is 5.20. The van der Waals surface area contributed by atoms with Crippen LogP contribution in [0.15, 0.2) is 23.1 Å². The van der Waals surface area contributed by atoms with Crippen molar-refractivity contribution in [2.24, 2.45) is 0 Å². The molecule has 1 saturated heterocycles. The second-order valence-corrected chi connectivity index (χ2v) is 6.89. The van der Waals surface area contributed by atoms with Crippen molar-refractivity contribution in [2.45, 2.75) is 43.7 Å². The van der Waals surface area contributed by atoms with Gasteiger partial charge in [-0.15, -0.1) is 12.4 Å². The van der Waals surface area contributed by atoms with Crippen molar-refractivity contribution in [1.82, 2.24) is 10.0 Å². The van der Waals surface area contributed by atoms with Gasteiger partial charge in [0.2, 0.25) is 10.0 Å². The molecule has 0 bridgehead atoms. The number of rotatable bonds is 3. The van der Waals surface area contributed by atoms with E-state index in [1.807, 2.05) is 13.0 Å². The topological polar surface area (TPSA) is 82.0 Å². The Balaban J connectivity index is 0.00000220. The molecular formula is C14H20ClN3O2S. The van der Waals surface area contributed by atoms with Gasteiger partial charge >= 0.3 is 0 Å². The molecule has 2 rings (SSSR count). The van der Waals surface area contributed by atoms with E-state index >= 15 is 0 Å². The van der Waals surface area contributed by atoms with Gasteiger partial charge in [-0.25, -0.2) is 13.1 Å². The van der Waals surface area contributed by atoms with Crippen LogP contribution < -0.4 is 10.0 Å². The second kappa shape index (κ2) is 7.23. The van der Waals surface area contributed by atoms with Crippen LogP contribution in [0.5, 0.6) is 0 Å². The molecule has 1 fully saturated rings. The van der Waals surface area contributed by atoms with E-state index in [9.17, 15) is 8.42 Å². The quantitative estimate of drug-likeness (QED) is 0.884. The smallest absolute Gasteiger partial charge is 0.241 e. The molecule has 0 amide bonds. The number of piperidine rings is 1. The molecule has 0 spiro atoms. The van der Waals surface area contributed by atoms with Crippen LogP contribution in [0.25, 0.3) is 0 Å². The molecule has 2 N–H and O–H groups in total. The number of nitrogens with zero attached hydrogens (tertiary/aromatic N) is 1.